The minimum atomic E-state index is 0.424. The van der Waals surface area contributed by atoms with Gasteiger partial charge in [-0.1, -0.05) is 36.0 Å². The number of likely N-dealkylation sites (N-methyl/N-ethyl adjacent to an activating group) is 1. The predicted octanol–water partition coefficient (Wildman–Crippen LogP) is 3.90. The van der Waals surface area contributed by atoms with E-state index in [0.717, 1.165) is 6.54 Å². The molecule has 0 saturated carbocycles. The van der Waals surface area contributed by atoms with Crippen LogP contribution in [0.15, 0.2) is 58.3 Å². The molecule has 0 aliphatic carbocycles. The van der Waals surface area contributed by atoms with Gasteiger partial charge in [-0.05, 0) is 38.2 Å². The van der Waals surface area contributed by atoms with Crippen LogP contribution < -0.4 is 10.2 Å². The van der Waals surface area contributed by atoms with Crippen molar-refractivity contribution in [2.45, 2.75) is 22.8 Å². The fourth-order valence-corrected chi connectivity index (χ4v) is 3.67. The Hall–Kier alpha value is -1.45. The fourth-order valence-electron chi connectivity index (χ4n) is 2.59. The van der Waals surface area contributed by atoms with Gasteiger partial charge in [0.2, 0.25) is 0 Å². The molecule has 0 saturated heterocycles. The number of nitrogens with one attached hydrogen (secondary N) is 1. The highest BCUT2D eigenvalue weighted by atomic mass is 32.2. The maximum atomic E-state index is 3.28. The van der Waals surface area contributed by atoms with E-state index in [2.05, 4.69) is 65.7 Å². The number of rotatable bonds is 3. The van der Waals surface area contributed by atoms with E-state index < -0.39 is 0 Å². The first-order chi connectivity index (χ1) is 9.31. The minimum Gasteiger partial charge on any atom is -0.336 e. The lowest BCUT2D eigenvalue weighted by molar-refractivity contribution is 0.642. The third-order valence-corrected chi connectivity index (χ3v) is 4.54. The molecule has 0 aromatic heterocycles. The molecule has 3 rings (SSSR count). The van der Waals surface area contributed by atoms with Crippen molar-refractivity contribution in [3.8, 4) is 0 Å². The molecule has 2 nitrogen and oxygen atoms in total. The summed E-state index contributed by atoms with van der Waals surface area (Å²) < 4.78 is 0. The molecule has 0 fully saturated rings. The Morgan fingerprint density at radius 3 is 2.05 bits per heavy atom. The number of hydrogen-bond acceptors (Lipinski definition) is 3. The summed E-state index contributed by atoms with van der Waals surface area (Å²) in [5, 5.41) is 3.28. The number of nitrogens with zero attached hydrogens (tertiary/aromatic N) is 1. The van der Waals surface area contributed by atoms with Gasteiger partial charge in [-0.2, -0.15) is 0 Å². The van der Waals surface area contributed by atoms with Crippen LogP contribution in [-0.4, -0.2) is 19.6 Å². The van der Waals surface area contributed by atoms with Crippen LogP contribution in [0, 0.1) is 0 Å². The highest BCUT2D eigenvalue weighted by Crippen LogP contribution is 2.48. The molecule has 2 aromatic carbocycles. The second kappa shape index (κ2) is 5.27. The van der Waals surface area contributed by atoms with E-state index in [9.17, 15) is 0 Å². The van der Waals surface area contributed by atoms with Crippen molar-refractivity contribution in [1.82, 2.24) is 5.32 Å². The van der Waals surface area contributed by atoms with Crippen LogP contribution in [0.3, 0.4) is 0 Å². The second-order valence-corrected chi connectivity index (χ2v) is 5.90. The Balaban J connectivity index is 2.11. The molecule has 1 N–H and O–H groups in total. The van der Waals surface area contributed by atoms with Gasteiger partial charge >= 0.3 is 0 Å². The minimum absolute atomic E-state index is 0.424. The Morgan fingerprint density at radius 2 is 1.53 bits per heavy atom. The third kappa shape index (κ3) is 2.24. The zero-order chi connectivity index (χ0) is 13.2. The SMILES string of the molecule is CNCC(C)N1c2ccccc2Sc2ccccc21. The van der Waals surface area contributed by atoms with E-state index in [0.29, 0.717) is 6.04 Å². The molecule has 98 valence electrons. The van der Waals surface area contributed by atoms with Gasteiger partial charge in [0, 0.05) is 22.4 Å². The van der Waals surface area contributed by atoms with E-state index in [1.165, 1.54) is 21.2 Å². The summed E-state index contributed by atoms with van der Waals surface area (Å²) >= 11 is 1.86. The smallest absolute Gasteiger partial charge is 0.0555 e. The van der Waals surface area contributed by atoms with Crippen molar-refractivity contribution < 1.29 is 0 Å². The van der Waals surface area contributed by atoms with E-state index in [1.54, 1.807) is 0 Å². The first-order valence-electron chi connectivity index (χ1n) is 6.61. The highest BCUT2D eigenvalue weighted by molar-refractivity contribution is 7.99. The maximum absolute atomic E-state index is 3.28. The standard InChI is InChI=1S/C16H18N2S/c1-12(11-17-2)18-13-7-3-5-9-15(13)19-16-10-6-4-8-14(16)18/h3-10,12,17H,11H2,1-2H3. The van der Waals surface area contributed by atoms with Gasteiger partial charge in [0.05, 0.1) is 11.4 Å². The molecule has 19 heavy (non-hydrogen) atoms. The monoisotopic (exact) mass is 270 g/mol. The summed E-state index contributed by atoms with van der Waals surface area (Å²) in [6.07, 6.45) is 0. The molecule has 1 aliphatic rings. The Bertz CT molecular complexity index is 537. The van der Waals surface area contributed by atoms with Gasteiger partial charge in [-0.3, -0.25) is 0 Å². The zero-order valence-electron chi connectivity index (χ0n) is 11.3. The third-order valence-electron chi connectivity index (χ3n) is 3.41. The van der Waals surface area contributed by atoms with Crippen molar-refractivity contribution in [2.24, 2.45) is 0 Å². The summed E-state index contributed by atoms with van der Waals surface area (Å²) in [6, 6.07) is 17.7. The van der Waals surface area contributed by atoms with Crippen LogP contribution in [0.2, 0.25) is 0 Å². The zero-order valence-corrected chi connectivity index (χ0v) is 12.1. The lowest BCUT2D eigenvalue weighted by Gasteiger charge is -2.37. The van der Waals surface area contributed by atoms with Crippen molar-refractivity contribution in [3.05, 3.63) is 48.5 Å². The van der Waals surface area contributed by atoms with Gasteiger partial charge in [0.15, 0.2) is 0 Å². The van der Waals surface area contributed by atoms with Crippen molar-refractivity contribution >= 4 is 23.1 Å². The summed E-state index contributed by atoms with van der Waals surface area (Å²) in [5.41, 5.74) is 2.63. The number of fused-ring (bicyclic) bond motifs is 2. The van der Waals surface area contributed by atoms with Gasteiger partial charge < -0.3 is 10.2 Å². The molecule has 0 radical (unpaired) electrons. The molecule has 2 aromatic rings. The molecule has 1 atom stereocenters. The molecule has 0 amide bonds. The summed E-state index contributed by atoms with van der Waals surface area (Å²) in [7, 11) is 2.01. The molecule has 0 spiro atoms. The van der Waals surface area contributed by atoms with Crippen LogP contribution in [0.1, 0.15) is 6.92 Å². The largest absolute Gasteiger partial charge is 0.336 e. The first kappa shape index (κ1) is 12.6. The average molecular weight is 270 g/mol. The fraction of sp³-hybridized carbons (Fsp3) is 0.250. The highest BCUT2D eigenvalue weighted by Gasteiger charge is 2.25. The van der Waals surface area contributed by atoms with Gasteiger partial charge in [0.25, 0.3) is 0 Å². The average Bonchev–Trinajstić information content (AvgIpc) is 2.44. The van der Waals surface area contributed by atoms with E-state index in [4.69, 9.17) is 0 Å². The maximum Gasteiger partial charge on any atom is 0.0555 e. The summed E-state index contributed by atoms with van der Waals surface area (Å²) in [5.74, 6) is 0. The summed E-state index contributed by atoms with van der Waals surface area (Å²) in [6.45, 7) is 3.23. The predicted molar refractivity (Wildman–Crippen MR) is 82.5 cm³/mol. The molecule has 1 aliphatic heterocycles. The Labute approximate surface area is 118 Å². The number of hydrogen-bond donors (Lipinski definition) is 1. The van der Waals surface area contributed by atoms with E-state index in [-0.39, 0.29) is 0 Å². The van der Waals surface area contributed by atoms with E-state index >= 15 is 0 Å². The van der Waals surface area contributed by atoms with Gasteiger partial charge in [0.1, 0.15) is 0 Å². The van der Waals surface area contributed by atoms with Crippen LogP contribution >= 0.6 is 11.8 Å². The molecule has 3 heteroatoms. The second-order valence-electron chi connectivity index (χ2n) is 4.81. The number of benzene rings is 2. The molecular formula is C16H18N2S. The Morgan fingerprint density at radius 1 is 1.00 bits per heavy atom. The first-order valence-corrected chi connectivity index (χ1v) is 7.42. The lowest BCUT2D eigenvalue weighted by atomic mass is 10.1. The van der Waals surface area contributed by atoms with Gasteiger partial charge in [-0.25, -0.2) is 0 Å². The van der Waals surface area contributed by atoms with E-state index in [1.807, 2.05) is 18.8 Å². The Kier molecular flexibility index (Phi) is 3.49. The summed E-state index contributed by atoms with van der Waals surface area (Å²) in [4.78, 5) is 5.12. The molecule has 1 unspecified atom stereocenters. The van der Waals surface area contributed by atoms with Crippen molar-refractivity contribution in [3.63, 3.8) is 0 Å². The normalized spacial score (nSPS) is 14.7. The number of anilines is 2. The topological polar surface area (TPSA) is 15.3 Å². The lowest BCUT2D eigenvalue weighted by Crippen LogP contribution is -2.37. The number of para-hydroxylation sites is 2. The molecule has 1 heterocycles. The van der Waals surface area contributed by atoms with Crippen LogP contribution in [-0.2, 0) is 0 Å². The quantitative estimate of drug-likeness (QED) is 0.910. The van der Waals surface area contributed by atoms with Crippen molar-refractivity contribution in [2.75, 3.05) is 18.5 Å². The van der Waals surface area contributed by atoms with Crippen LogP contribution in [0.5, 0.6) is 0 Å². The van der Waals surface area contributed by atoms with Gasteiger partial charge in [-0.15, -0.1) is 0 Å². The van der Waals surface area contributed by atoms with Crippen molar-refractivity contribution in [1.29, 1.82) is 0 Å². The van der Waals surface area contributed by atoms with Crippen LogP contribution in [0.4, 0.5) is 11.4 Å². The molecule has 0 bridgehead atoms. The molecular weight excluding hydrogens is 252 g/mol. The van der Waals surface area contributed by atoms with Crippen LogP contribution in [0.25, 0.3) is 0 Å².